The van der Waals surface area contributed by atoms with Gasteiger partial charge in [0.1, 0.15) is 5.60 Å². The molecule has 1 aliphatic rings. The molecule has 1 fully saturated rings. The Bertz CT molecular complexity index is 785. The molecule has 2 aromatic carbocycles. The molecule has 0 spiro atoms. The maximum Gasteiger partial charge on any atom is 0.244 e. The van der Waals surface area contributed by atoms with Gasteiger partial charge < -0.3 is 15.2 Å². The van der Waals surface area contributed by atoms with Crippen LogP contribution >= 0.6 is 11.8 Å². The smallest absolute Gasteiger partial charge is 0.244 e. The van der Waals surface area contributed by atoms with Crippen molar-refractivity contribution >= 4 is 23.7 Å². The molecule has 0 bridgehead atoms. The molecule has 5 heteroatoms. The van der Waals surface area contributed by atoms with Crippen molar-refractivity contribution in [1.82, 2.24) is 5.32 Å². The van der Waals surface area contributed by atoms with Crippen molar-refractivity contribution in [3.8, 4) is 0 Å². The maximum absolute atomic E-state index is 12.4. The Morgan fingerprint density at radius 1 is 1.18 bits per heavy atom. The Morgan fingerprint density at radius 2 is 1.86 bits per heavy atom. The largest absolute Gasteiger partial charge is 0.383 e. The second kappa shape index (κ2) is 9.92. The second-order valence-corrected chi connectivity index (χ2v) is 7.88. The van der Waals surface area contributed by atoms with Gasteiger partial charge in [-0.1, -0.05) is 42.5 Å². The summed E-state index contributed by atoms with van der Waals surface area (Å²) >= 11 is 1.68. The van der Waals surface area contributed by atoms with Gasteiger partial charge in [0.25, 0.3) is 0 Å². The Kier molecular flexibility index (Phi) is 7.31. The number of carbonyl (C=O) groups is 1. The van der Waals surface area contributed by atoms with Gasteiger partial charge in [-0.3, -0.25) is 4.79 Å². The predicted molar refractivity (Wildman–Crippen MR) is 114 cm³/mol. The SMILES string of the molecule is CSc1ccc(C=CC(=O)NCC(O)(c2ccccc2)C2CCOCC2)cc1. The van der Waals surface area contributed by atoms with Gasteiger partial charge in [0, 0.05) is 24.2 Å². The van der Waals surface area contributed by atoms with Crippen molar-refractivity contribution in [1.29, 1.82) is 0 Å². The summed E-state index contributed by atoms with van der Waals surface area (Å²) in [6, 6.07) is 17.6. The molecule has 1 unspecified atom stereocenters. The number of rotatable bonds is 7. The molecule has 2 aromatic rings. The molecule has 0 aliphatic carbocycles. The molecule has 2 N–H and O–H groups in total. The molecule has 1 amide bonds. The van der Waals surface area contributed by atoms with E-state index in [0.717, 1.165) is 24.0 Å². The standard InChI is InChI=1S/C23H27NO3S/c1-28-21-10-7-18(8-11-21)9-12-22(25)24-17-23(26,19-5-3-2-4-6-19)20-13-15-27-16-14-20/h2-12,20,26H,13-17H2,1H3,(H,24,25). The zero-order valence-electron chi connectivity index (χ0n) is 16.1. The van der Waals surface area contributed by atoms with Gasteiger partial charge in [0.15, 0.2) is 0 Å². The number of carbonyl (C=O) groups excluding carboxylic acids is 1. The average Bonchev–Trinajstić information content (AvgIpc) is 2.77. The highest BCUT2D eigenvalue weighted by molar-refractivity contribution is 7.98. The summed E-state index contributed by atoms with van der Waals surface area (Å²) < 4.78 is 5.45. The second-order valence-electron chi connectivity index (χ2n) is 7.00. The third-order valence-electron chi connectivity index (χ3n) is 5.25. The van der Waals surface area contributed by atoms with Crippen LogP contribution in [0.5, 0.6) is 0 Å². The van der Waals surface area contributed by atoms with E-state index in [-0.39, 0.29) is 18.4 Å². The van der Waals surface area contributed by atoms with Crippen molar-refractivity contribution in [3.63, 3.8) is 0 Å². The Hall–Kier alpha value is -2.08. The van der Waals surface area contributed by atoms with Gasteiger partial charge in [0.05, 0.1) is 6.54 Å². The summed E-state index contributed by atoms with van der Waals surface area (Å²) in [4.78, 5) is 13.5. The average molecular weight is 398 g/mol. The molecule has 1 saturated heterocycles. The molecule has 4 nitrogen and oxygen atoms in total. The molecular weight excluding hydrogens is 370 g/mol. The molecule has 3 rings (SSSR count). The van der Waals surface area contributed by atoms with E-state index in [4.69, 9.17) is 4.74 Å². The number of hydrogen-bond donors (Lipinski definition) is 2. The van der Waals surface area contributed by atoms with Crippen LogP contribution in [0.2, 0.25) is 0 Å². The fourth-order valence-corrected chi connectivity index (χ4v) is 3.96. The molecule has 1 atom stereocenters. The third kappa shape index (κ3) is 5.25. The number of thioether (sulfide) groups is 1. The van der Waals surface area contributed by atoms with Gasteiger partial charge in [-0.2, -0.15) is 0 Å². The normalized spacial score (nSPS) is 17.4. The molecule has 28 heavy (non-hydrogen) atoms. The lowest BCUT2D eigenvalue weighted by atomic mass is 9.77. The fourth-order valence-electron chi connectivity index (χ4n) is 3.55. The van der Waals surface area contributed by atoms with Crippen LogP contribution in [0.4, 0.5) is 0 Å². The fraction of sp³-hybridized carbons (Fsp3) is 0.348. The van der Waals surface area contributed by atoms with Crippen LogP contribution in [-0.4, -0.2) is 37.0 Å². The van der Waals surface area contributed by atoms with Gasteiger partial charge in [0.2, 0.25) is 5.91 Å². The zero-order chi connectivity index (χ0) is 19.8. The van der Waals surface area contributed by atoms with Crippen LogP contribution in [-0.2, 0) is 15.1 Å². The quantitative estimate of drug-likeness (QED) is 0.550. The maximum atomic E-state index is 12.4. The number of amides is 1. The molecule has 0 aromatic heterocycles. The molecule has 1 aliphatic heterocycles. The van der Waals surface area contributed by atoms with Crippen molar-refractivity contribution in [2.24, 2.45) is 5.92 Å². The van der Waals surface area contributed by atoms with E-state index >= 15 is 0 Å². The van der Waals surface area contributed by atoms with Gasteiger partial charge in [-0.05, 0) is 54.4 Å². The van der Waals surface area contributed by atoms with Crippen molar-refractivity contribution in [2.45, 2.75) is 23.3 Å². The van der Waals surface area contributed by atoms with Crippen molar-refractivity contribution < 1.29 is 14.6 Å². The molecule has 0 radical (unpaired) electrons. The highest BCUT2D eigenvalue weighted by Gasteiger charge is 2.39. The number of benzene rings is 2. The van der Waals surface area contributed by atoms with E-state index in [9.17, 15) is 9.90 Å². The first-order valence-corrected chi connectivity index (χ1v) is 10.8. The first kappa shape index (κ1) is 20.6. The number of nitrogens with one attached hydrogen (secondary N) is 1. The summed E-state index contributed by atoms with van der Waals surface area (Å²) in [5.41, 5.74) is 0.698. The molecule has 1 heterocycles. The summed E-state index contributed by atoms with van der Waals surface area (Å²) in [6.45, 7) is 1.45. The van der Waals surface area contributed by atoms with Crippen LogP contribution in [0.15, 0.2) is 65.6 Å². The monoisotopic (exact) mass is 397 g/mol. The van der Waals surface area contributed by atoms with Crippen LogP contribution < -0.4 is 5.32 Å². The zero-order valence-corrected chi connectivity index (χ0v) is 17.0. The van der Waals surface area contributed by atoms with Gasteiger partial charge in [-0.25, -0.2) is 0 Å². The first-order valence-electron chi connectivity index (χ1n) is 9.57. The lowest BCUT2D eigenvalue weighted by Crippen LogP contribution is -2.47. The van der Waals surface area contributed by atoms with E-state index in [1.54, 1.807) is 17.8 Å². The molecule has 0 saturated carbocycles. The minimum Gasteiger partial charge on any atom is -0.383 e. The van der Waals surface area contributed by atoms with Crippen LogP contribution in [0.1, 0.15) is 24.0 Å². The topological polar surface area (TPSA) is 58.6 Å². The van der Waals surface area contributed by atoms with Crippen molar-refractivity contribution in [2.75, 3.05) is 26.0 Å². The number of aliphatic hydroxyl groups is 1. The summed E-state index contributed by atoms with van der Waals surface area (Å²) in [6.07, 6.45) is 6.89. The number of hydrogen-bond acceptors (Lipinski definition) is 4. The minimum absolute atomic E-state index is 0.0482. The van der Waals surface area contributed by atoms with E-state index < -0.39 is 5.60 Å². The van der Waals surface area contributed by atoms with Gasteiger partial charge >= 0.3 is 0 Å². The highest BCUT2D eigenvalue weighted by Crippen LogP contribution is 2.35. The van der Waals surface area contributed by atoms with E-state index in [1.165, 1.54) is 11.0 Å². The van der Waals surface area contributed by atoms with Gasteiger partial charge in [-0.15, -0.1) is 11.8 Å². The van der Waals surface area contributed by atoms with E-state index in [0.29, 0.717) is 13.2 Å². The van der Waals surface area contributed by atoms with E-state index in [2.05, 4.69) is 5.32 Å². The molecule has 148 valence electrons. The Labute approximate surface area is 171 Å². The molecular formula is C23H27NO3S. The number of ether oxygens (including phenoxy) is 1. The highest BCUT2D eigenvalue weighted by atomic mass is 32.2. The van der Waals surface area contributed by atoms with Crippen molar-refractivity contribution in [3.05, 3.63) is 71.8 Å². The summed E-state index contributed by atoms with van der Waals surface area (Å²) in [7, 11) is 0. The Morgan fingerprint density at radius 3 is 2.50 bits per heavy atom. The lowest BCUT2D eigenvalue weighted by Gasteiger charge is -2.39. The van der Waals surface area contributed by atoms with E-state index in [1.807, 2.05) is 60.9 Å². The first-order chi connectivity index (χ1) is 13.6. The minimum atomic E-state index is -1.10. The van der Waals surface area contributed by atoms with Crippen LogP contribution in [0.25, 0.3) is 6.08 Å². The lowest BCUT2D eigenvalue weighted by molar-refractivity contribution is -0.119. The van der Waals surface area contributed by atoms with Crippen LogP contribution in [0, 0.1) is 5.92 Å². The Balaban J connectivity index is 1.67. The summed E-state index contributed by atoms with van der Waals surface area (Å²) in [5, 5.41) is 14.4. The van der Waals surface area contributed by atoms with Crippen LogP contribution in [0.3, 0.4) is 0 Å². The third-order valence-corrected chi connectivity index (χ3v) is 5.99. The predicted octanol–water partition coefficient (Wildman–Crippen LogP) is 3.85. The summed E-state index contributed by atoms with van der Waals surface area (Å²) in [5.74, 6) is -0.164.